The van der Waals surface area contributed by atoms with E-state index < -0.39 is 9.84 Å². The van der Waals surface area contributed by atoms with Gasteiger partial charge in [0.1, 0.15) is 0 Å². The summed E-state index contributed by atoms with van der Waals surface area (Å²) in [7, 11) is -0.431. The van der Waals surface area contributed by atoms with E-state index in [-0.39, 0.29) is 20.3 Å². The van der Waals surface area contributed by atoms with E-state index in [4.69, 9.17) is 4.74 Å². The minimum absolute atomic E-state index is 0. The van der Waals surface area contributed by atoms with Gasteiger partial charge in [-0.1, -0.05) is 104 Å². The Bertz CT molecular complexity index is 682. The predicted molar refractivity (Wildman–Crippen MR) is 166 cm³/mol. The Kier molecular flexibility index (Phi) is 15.3. The van der Waals surface area contributed by atoms with Gasteiger partial charge < -0.3 is 9.64 Å². The molecule has 0 aromatic heterocycles. The molecule has 3 saturated heterocycles. The highest BCUT2D eigenvalue weighted by atomic mass is 32.2. The zero-order valence-electron chi connectivity index (χ0n) is 25.8. The smallest absolute Gasteiger partial charge is 0.150 e. The average Bonchev–Trinajstić information content (AvgIpc) is 2.42. The number of sulfone groups is 1. The topological polar surface area (TPSA) is 46.6 Å². The first-order valence-corrected chi connectivity index (χ1v) is 15.8. The third-order valence-electron chi connectivity index (χ3n) is 8.62. The van der Waals surface area contributed by atoms with E-state index in [9.17, 15) is 8.42 Å². The SMILES string of the molecule is C.C.CC(C)(C)C1CCC1.CC(C)(C)C1COC1.CC(C)(C)C1CS(=O)(=O)C1.CN1CC(C(C)(C)C)C1. The number of ether oxygens (including phenoxy) is 1. The summed E-state index contributed by atoms with van der Waals surface area (Å²) in [6, 6.07) is 0. The Balaban J connectivity index is 0. The molecule has 0 N–H and O–H groups in total. The minimum Gasteiger partial charge on any atom is -0.381 e. The molecule has 0 bridgehead atoms. The Hall–Kier alpha value is -0.130. The van der Waals surface area contributed by atoms with Crippen LogP contribution < -0.4 is 0 Å². The van der Waals surface area contributed by atoms with Gasteiger partial charge in [0.05, 0.1) is 24.7 Å². The summed E-state index contributed by atoms with van der Waals surface area (Å²) in [6.45, 7) is 31.6. The van der Waals surface area contributed by atoms with Gasteiger partial charge in [0.25, 0.3) is 0 Å². The van der Waals surface area contributed by atoms with Crippen LogP contribution in [0, 0.1) is 45.3 Å². The van der Waals surface area contributed by atoms with Crippen molar-refractivity contribution in [2.45, 2.75) is 117 Å². The van der Waals surface area contributed by atoms with Crippen LogP contribution in [0.4, 0.5) is 0 Å². The number of rotatable bonds is 0. The monoisotopic (exact) mass is 547 g/mol. The van der Waals surface area contributed by atoms with Crippen molar-refractivity contribution in [2.24, 2.45) is 45.3 Å². The van der Waals surface area contributed by atoms with Crippen molar-refractivity contribution >= 4 is 9.84 Å². The molecule has 4 fully saturated rings. The van der Waals surface area contributed by atoms with E-state index in [2.05, 4.69) is 95.0 Å². The lowest BCUT2D eigenvalue weighted by Gasteiger charge is -2.44. The molecule has 1 aliphatic carbocycles. The Morgan fingerprint density at radius 2 is 0.946 bits per heavy atom. The molecule has 5 heteroatoms. The molecule has 226 valence electrons. The molecule has 0 aromatic carbocycles. The third kappa shape index (κ3) is 14.2. The molecule has 0 aromatic rings. The van der Waals surface area contributed by atoms with Crippen LogP contribution >= 0.6 is 0 Å². The molecule has 0 radical (unpaired) electrons. The van der Waals surface area contributed by atoms with E-state index in [0.717, 1.165) is 31.0 Å². The third-order valence-corrected chi connectivity index (χ3v) is 10.4. The van der Waals surface area contributed by atoms with Crippen molar-refractivity contribution in [1.82, 2.24) is 4.90 Å². The van der Waals surface area contributed by atoms with Crippen molar-refractivity contribution in [3.8, 4) is 0 Å². The van der Waals surface area contributed by atoms with Crippen molar-refractivity contribution < 1.29 is 13.2 Å². The van der Waals surface area contributed by atoms with E-state index in [0.29, 0.717) is 33.7 Å². The van der Waals surface area contributed by atoms with Crippen LogP contribution in [0.3, 0.4) is 0 Å². The Morgan fingerprint density at radius 3 is 1.00 bits per heavy atom. The summed E-state index contributed by atoms with van der Waals surface area (Å²) < 4.78 is 26.5. The van der Waals surface area contributed by atoms with E-state index >= 15 is 0 Å². The standard InChI is InChI=1S/C8H17N.C8H16.C7H14O2S.C7H14O.2CH4/c1-8(2,3)7-5-9(4)6-7;1-8(2,3)7-5-4-6-7;1-7(2,3)6-4-10(8,9)5-6;1-7(2,3)6-4-8-5-6;;/h7H,5-6H2,1-4H3;7H,4-6H2,1-3H3;6H,4-5H2,1-3H3;6H,4-5H2,1-3H3;2*1H4. The fraction of sp³-hybridized carbons (Fsp3) is 1.00. The number of hydrogen-bond acceptors (Lipinski definition) is 4. The van der Waals surface area contributed by atoms with Crippen molar-refractivity contribution in [2.75, 3.05) is 44.9 Å². The minimum atomic E-state index is -2.61. The second-order valence-electron chi connectivity index (χ2n) is 16.0. The van der Waals surface area contributed by atoms with Crippen LogP contribution in [0.15, 0.2) is 0 Å². The Labute approximate surface area is 235 Å². The van der Waals surface area contributed by atoms with Crippen LogP contribution in [-0.4, -0.2) is 58.2 Å². The van der Waals surface area contributed by atoms with Gasteiger partial charge in [0.2, 0.25) is 0 Å². The normalized spacial score (nSPS) is 22.7. The zero-order valence-corrected chi connectivity index (χ0v) is 26.6. The predicted octanol–water partition coefficient (Wildman–Crippen LogP) is 8.45. The summed E-state index contributed by atoms with van der Waals surface area (Å²) in [5, 5.41) is 0. The molecule has 1 saturated carbocycles. The summed E-state index contributed by atoms with van der Waals surface area (Å²) >= 11 is 0. The second kappa shape index (κ2) is 14.5. The maximum atomic E-state index is 10.7. The van der Waals surface area contributed by atoms with Crippen LogP contribution in [0.1, 0.15) is 117 Å². The molecule has 4 nitrogen and oxygen atoms in total. The molecule has 0 atom stereocenters. The highest BCUT2D eigenvalue weighted by Gasteiger charge is 2.40. The van der Waals surface area contributed by atoms with Crippen molar-refractivity contribution in [1.29, 1.82) is 0 Å². The molecule has 0 amide bonds. The second-order valence-corrected chi connectivity index (χ2v) is 18.2. The lowest BCUT2D eigenvalue weighted by molar-refractivity contribution is -0.0821. The lowest BCUT2D eigenvalue weighted by Crippen LogP contribution is -2.49. The van der Waals surface area contributed by atoms with Gasteiger partial charge in [0, 0.05) is 19.0 Å². The maximum absolute atomic E-state index is 10.7. The molecule has 3 heterocycles. The number of hydrogen-bond donors (Lipinski definition) is 0. The molecule has 37 heavy (non-hydrogen) atoms. The van der Waals surface area contributed by atoms with Gasteiger partial charge in [-0.2, -0.15) is 0 Å². The van der Waals surface area contributed by atoms with Gasteiger partial charge in [0.15, 0.2) is 9.84 Å². The quantitative estimate of drug-likeness (QED) is 0.305. The van der Waals surface area contributed by atoms with Gasteiger partial charge >= 0.3 is 0 Å². The Morgan fingerprint density at radius 1 is 0.595 bits per heavy atom. The molecule has 3 aliphatic heterocycles. The fourth-order valence-corrected chi connectivity index (χ4v) is 6.45. The van der Waals surface area contributed by atoms with Gasteiger partial charge in [-0.3, -0.25) is 0 Å². The largest absolute Gasteiger partial charge is 0.381 e. The molecular formula is C32H69NO3S. The lowest BCUT2D eigenvalue weighted by atomic mass is 9.69. The van der Waals surface area contributed by atoms with Crippen molar-refractivity contribution in [3.05, 3.63) is 0 Å². The first-order valence-electron chi connectivity index (χ1n) is 14.0. The summed E-state index contributed by atoms with van der Waals surface area (Å²) in [6.07, 6.45) is 4.43. The molecule has 0 spiro atoms. The van der Waals surface area contributed by atoms with E-state index in [1.54, 1.807) is 0 Å². The van der Waals surface area contributed by atoms with Crippen LogP contribution in [-0.2, 0) is 14.6 Å². The molecule has 4 aliphatic rings. The van der Waals surface area contributed by atoms with Crippen LogP contribution in [0.25, 0.3) is 0 Å². The molecule has 0 unspecified atom stereocenters. The van der Waals surface area contributed by atoms with Gasteiger partial charge in [-0.05, 0) is 59.3 Å². The van der Waals surface area contributed by atoms with Gasteiger partial charge in [-0.25, -0.2) is 8.42 Å². The maximum Gasteiger partial charge on any atom is 0.150 e. The van der Waals surface area contributed by atoms with Crippen LogP contribution in [0.5, 0.6) is 0 Å². The zero-order chi connectivity index (χ0) is 27.5. The van der Waals surface area contributed by atoms with Crippen LogP contribution in [0.2, 0.25) is 0 Å². The summed E-state index contributed by atoms with van der Waals surface area (Å²) in [5.74, 6) is 3.96. The van der Waals surface area contributed by atoms with E-state index in [1.807, 2.05) is 0 Å². The molecular weight excluding hydrogens is 478 g/mol. The highest BCUT2D eigenvalue weighted by Crippen LogP contribution is 2.41. The number of likely N-dealkylation sites (tertiary alicyclic amines) is 1. The van der Waals surface area contributed by atoms with Gasteiger partial charge in [-0.15, -0.1) is 0 Å². The summed E-state index contributed by atoms with van der Waals surface area (Å²) in [5.41, 5.74) is 1.77. The fourth-order valence-electron chi connectivity index (χ4n) is 4.32. The first-order chi connectivity index (χ1) is 15.5. The first kappa shape index (κ1) is 39.0. The molecule has 4 rings (SSSR count). The highest BCUT2D eigenvalue weighted by molar-refractivity contribution is 7.92. The number of nitrogens with zero attached hydrogens (tertiary/aromatic N) is 1. The average molecular weight is 548 g/mol. The van der Waals surface area contributed by atoms with Crippen molar-refractivity contribution in [3.63, 3.8) is 0 Å². The summed E-state index contributed by atoms with van der Waals surface area (Å²) in [4.78, 5) is 2.37. The van der Waals surface area contributed by atoms with E-state index in [1.165, 1.54) is 32.4 Å².